The summed E-state index contributed by atoms with van der Waals surface area (Å²) in [7, 11) is 5.60. The van der Waals surface area contributed by atoms with Gasteiger partial charge in [0.05, 0.1) is 12.7 Å². The highest BCUT2D eigenvalue weighted by Crippen LogP contribution is 2.38. The molecule has 1 radical (unpaired) electrons. The molecule has 3 aromatic carbocycles. The van der Waals surface area contributed by atoms with Crippen molar-refractivity contribution in [3.8, 4) is 16.9 Å². The summed E-state index contributed by atoms with van der Waals surface area (Å²) >= 11 is 0. The molecule has 5 nitrogen and oxygen atoms in total. The number of carbonyl (C=O) groups is 1. The maximum absolute atomic E-state index is 12.1. The van der Waals surface area contributed by atoms with E-state index in [9.17, 15) is 10.3 Å². The maximum atomic E-state index is 12.1. The molecule has 0 aliphatic heterocycles. The highest BCUT2D eigenvalue weighted by atomic mass is 16.5. The van der Waals surface area contributed by atoms with Crippen LogP contribution < -0.4 is 9.64 Å². The first-order valence-electron chi connectivity index (χ1n) is 8.83. The normalized spacial score (nSPS) is 12.7. The van der Waals surface area contributed by atoms with E-state index in [2.05, 4.69) is 34.0 Å². The van der Waals surface area contributed by atoms with Gasteiger partial charge in [-0.25, -0.2) is 0 Å². The molecular formula is C23H18N3O2. The molecule has 0 fully saturated rings. The number of carbonyl (C=O) groups excluding carboxylic acids is 1. The van der Waals surface area contributed by atoms with Crippen LogP contribution >= 0.6 is 0 Å². The van der Waals surface area contributed by atoms with Crippen LogP contribution in [0.2, 0.25) is 0 Å². The average Bonchev–Trinajstić information content (AvgIpc) is 2.71. The Bertz CT molecular complexity index is 1200. The largest absolute Gasteiger partial charge is 0.497 e. The Morgan fingerprint density at radius 3 is 2.43 bits per heavy atom. The first kappa shape index (κ1) is 17.7. The smallest absolute Gasteiger partial charge is 0.370 e. The SMILES string of the molecule is COc1cc2c(c(-c3cccc4c(N(C)C)cccc34)c1)[C]=CC(=O)C2=[N+]=[N-]. The number of methoxy groups -OCH3 is 1. The Morgan fingerprint density at radius 2 is 1.71 bits per heavy atom. The Hall–Kier alpha value is -3.69. The van der Waals surface area contributed by atoms with Crippen LogP contribution in [0.25, 0.3) is 27.4 Å². The van der Waals surface area contributed by atoms with Crippen molar-refractivity contribution < 1.29 is 14.3 Å². The summed E-state index contributed by atoms with van der Waals surface area (Å²) in [5.41, 5.74) is 13.5. The Morgan fingerprint density at radius 1 is 1.00 bits per heavy atom. The van der Waals surface area contributed by atoms with E-state index in [4.69, 9.17) is 4.74 Å². The van der Waals surface area contributed by atoms with Crippen LogP contribution in [0.15, 0.2) is 54.6 Å². The average molecular weight is 368 g/mol. The standard InChI is InChI=1S/C23H18N3O2/c1-26(2)21-9-5-7-15-16(6-4-8-18(15)21)19-12-14(28-3)13-20-17(19)10-11-22(27)23(20)25-24/h4-9,11-13H,1-3H3. The second-order valence-electron chi connectivity index (χ2n) is 6.77. The lowest BCUT2D eigenvalue weighted by atomic mass is 9.86. The van der Waals surface area contributed by atoms with Gasteiger partial charge in [-0.1, -0.05) is 30.3 Å². The van der Waals surface area contributed by atoms with E-state index in [1.54, 1.807) is 13.2 Å². The van der Waals surface area contributed by atoms with Crippen molar-refractivity contribution in [3.63, 3.8) is 0 Å². The number of rotatable bonds is 3. The van der Waals surface area contributed by atoms with Gasteiger partial charge in [0.15, 0.2) is 0 Å². The number of fused-ring (bicyclic) bond motifs is 2. The summed E-state index contributed by atoms with van der Waals surface area (Å²) in [4.78, 5) is 17.4. The Labute approximate surface area is 163 Å². The first-order valence-corrected chi connectivity index (χ1v) is 8.83. The molecule has 4 rings (SSSR count). The number of ketones is 1. The van der Waals surface area contributed by atoms with Gasteiger partial charge in [-0.05, 0) is 40.8 Å². The minimum atomic E-state index is -0.387. The number of benzene rings is 3. The molecule has 0 saturated heterocycles. The predicted molar refractivity (Wildman–Crippen MR) is 110 cm³/mol. The van der Waals surface area contributed by atoms with Gasteiger partial charge in [-0.3, -0.25) is 4.79 Å². The molecule has 0 amide bonds. The fourth-order valence-electron chi connectivity index (χ4n) is 3.65. The number of hydrogen-bond donors (Lipinski definition) is 0. The summed E-state index contributed by atoms with van der Waals surface area (Å²) in [6.07, 6.45) is 4.37. The fraction of sp³-hybridized carbons (Fsp3) is 0.130. The summed E-state index contributed by atoms with van der Waals surface area (Å²) < 4.78 is 5.45. The maximum Gasteiger partial charge on any atom is 0.370 e. The van der Waals surface area contributed by atoms with E-state index in [0.717, 1.165) is 27.6 Å². The van der Waals surface area contributed by atoms with Gasteiger partial charge in [0.25, 0.3) is 5.78 Å². The van der Waals surface area contributed by atoms with E-state index in [0.29, 0.717) is 16.9 Å². The van der Waals surface area contributed by atoms with E-state index in [1.807, 2.05) is 38.4 Å². The molecule has 0 bridgehead atoms. The molecule has 1 aliphatic carbocycles. The van der Waals surface area contributed by atoms with Gasteiger partial charge in [-0.15, -0.1) is 0 Å². The van der Waals surface area contributed by atoms with Gasteiger partial charge in [0.2, 0.25) is 0 Å². The van der Waals surface area contributed by atoms with Crippen LogP contribution in [0.4, 0.5) is 5.69 Å². The molecule has 0 N–H and O–H groups in total. The lowest BCUT2D eigenvalue weighted by molar-refractivity contribution is -0.113. The fourth-order valence-corrected chi connectivity index (χ4v) is 3.65. The van der Waals surface area contributed by atoms with E-state index < -0.39 is 0 Å². The molecule has 28 heavy (non-hydrogen) atoms. The first-order chi connectivity index (χ1) is 13.5. The summed E-state index contributed by atoms with van der Waals surface area (Å²) in [5.74, 6) is 0.189. The highest BCUT2D eigenvalue weighted by Gasteiger charge is 2.30. The van der Waals surface area contributed by atoms with Crippen LogP contribution in [-0.2, 0) is 4.79 Å². The van der Waals surface area contributed by atoms with Gasteiger partial charge in [0, 0.05) is 36.8 Å². The number of ether oxygens (including phenoxy) is 1. The number of nitrogens with zero attached hydrogens (tertiary/aromatic N) is 3. The third-order valence-corrected chi connectivity index (χ3v) is 4.95. The minimum absolute atomic E-state index is 0.0110. The zero-order valence-electron chi connectivity index (χ0n) is 15.9. The molecular weight excluding hydrogens is 350 g/mol. The third kappa shape index (κ3) is 2.70. The van der Waals surface area contributed by atoms with Crippen molar-refractivity contribution in [2.75, 3.05) is 26.1 Å². The van der Waals surface area contributed by atoms with Crippen LogP contribution in [0.3, 0.4) is 0 Å². The van der Waals surface area contributed by atoms with Crippen molar-refractivity contribution in [1.82, 2.24) is 0 Å². The molecule has 0 atom stereocenters. The second-order valence-corrected chi connectivity index (χ2v) is 6.77. The van der Waals surface area contributed by atoms with Crippen molar-refractivity contribution in [2.24, 2.45) is 0 Å². The minimum Gasteiger partial charge on any atom is -0.497 e. The molecule has 3 aromatic rings. The second kappa shape index (κ2) is 6.80. The van der Waals surface area contributed by atoms with Gasteiger partial charge >= 0.3 is 5.71 Å². The quantitative estimate of drug-likeness (QED) is 0.520. The number of hydrogen-bond acceptors (Lipinski definition) is 3. The van der Waals surface area contributed by atoms with Crippen LogP contribution in [0, 0.1) is 6.08 Å². The molecule has 5 heteroatoms. The topological polar surface area (TPSA) is 65.9 Å². The predicted octanol–water partition coefficient (Wildman–Crippen LogP) is 3.89. The van der Waals surface area contributed by atoms with Crippen LogP contribution in [0.1, 0.15) is 11.1 Å². The summed E-state index contributed by atoms with van der Waals surface area (Å²) in [5, 5.41) is 2.19. The van der Waals surface area contributed by atoms with Crippen LogP contribution in [0.5, 0.6) is 5.75 Å². The Balaban J connectivity index is 2.09. The summed E-state index contributed by atoms with van der Waals surface area (Å²) in [6.45, 7) is 0. The number of anilines is 1. The number of allylic oxidation sites excluding steroid dienone is 1. The molecule has 0 saturated carbocycles. The monoisotopic (exact) mass is 368 g/mol. The molecule has 0 spiro atoms. The zero-order valence-corrected chi connectivity index (χ0v) is 15.9. The van der Waals surface area contributed by atoms with Crippen molar-refractivity contribution in [1.29, 1.82) is 0 Å². The van der Waals surface area contributed by atoms with Crippen molar-refractivity contribution in [3.05, 3.63) is 77.3 Å². The van der Waals surface area contributed by atoms with E-state index in [1.165, 1.54) is 6.08 Å². The highest BCUT2D eigenvalue weighted by molar-refractivity contribution is 6.49. The molecule has 0 heterocycles. The molecule has 137 valence electrons. The lowest BCUT2D eigenvalue weighted by Gasteiger charge is -2.19. The molecule has 0 aromatic heterocycles. The van der Waals surface area contributed by atoms with Gasteiger partial charge in [0.1, 0.15) is 5.75 Å². The molecule has 1 aliphatic rings. The lowest BCUT2D eigenvalue weighted by Crippen LogP contribution is -2.20. The zero-order chi connectivity index (χ0) is 19.8. The molecule has 0 unspecified atom stereocenters. The van der Waals surface area contributed by atoms with Crippen LogP contribution in [-0.4, -0.2) is 37.5 Å². The van der Waals surface area contributed by atoms with Crippen molar-refractivity contribution in [2.45, 2.75) is 0 Å². The van der Waals surface area contributed by atoms with E-state index >= 15 is 0 Å². The van der Waals surface area contributed by atoms with Crippen molar-refractivity contribution >= 4 is 28.0 Å². The Kier molecular flexibility index (Phi) is 4.30. The third-order valence-electron chi connectivity index (χ3n) is 4.95. The summed E-state index contributed by atoms with van der Waals surface area (Å²) in [6, 6.07) is 15.9. The van der Waals surface area contributed by atoms with Gasteiger partial charge < -0.3 is 15.2 Å². The van der Waals surface area contributed by atoms with Gasteiger partial charge in [-0.2, -0.15) is 4.79 Å². The van der Waals surface area contributed by atoms with E-state index in [-0.39, 0.29) is 11.5 Å².